The van der Waals surface area contributed by atoms with Crippen molar-refractivity contribution in [2.45, 2.75) is 19.8 Å². The summed E-state index contributed by atoms with van der Waals surface area (Å²) in [6.45, 7) is 6.13. The molecule has 8 heteroatoms. The van der Waals surface area contributed by atoms with Crippen LogP contribution in [0.15, 0.2) is 48.7 Å². The van der Waals surface area contributed by atoms with Gasteiger partial charge in [-0.2, -0.15) is 4.98 Å². The molecule has 0 saturated carbocycles. The molecule has 0 unspecified atom stereocenters. The van der Waals surface area contributed by atoms with Gasteiger partial charge in [-0.15, -0.1) is 0 Å². The van der Waals surface area contributed by atoms with Crippen LogP contribution in [0.2, 0.25) is 0 Å². The van der Waals surface area contributed by atoms with Gasteiger partial charge in [0.25, 0.3) is 0 Å². The van der Waals surface area contributed by atoms with Crippen LogP contribution < -0.4 is 24.8 Å². The number of nitrogens with zero attached hydrogens (tertiary/aromatic N) is 4. The van der Waals surface area contributed by atoms with E-state index in [0.717, 1.165) is 29.2 Å². The number of anilines is 4. The monoisotopic (exact) mass is 433 g/mol. The fourth-order valence-electron chi connectivity index (χ4n) is 4.13. The van der Waals surface area contributed by atoms with Crippen LogP contribution in [-0.4, -0.2) is 47.9 Å². The number of aromatic nitrogens is 2. The number of fused-ring (bicyclic) bond motifs is 1. The summed E-state index contributed by atoms with van der Waals surface area (Å²) in [4.78, 5) is 13.1. The first kappa shape index (κ1) is 20.4. The second-order valence-corrected chi connectivity index (χ2v) is 7.97. The average Bonchev–Trinajstić information content (AvgIpc) is 3.50. The molecule has 0 atom stereocenters. The molecule has 2 aromatic carbocycles. The van der Waals surface area contributed by atoms with Gasteiger partial charge < -0.3 is 19.9 Å². The second kappa shape index (κ2) is 8.92. The molecule has 1 aromatic heterocycles. The maximum absolute atomic E-state index is 5.98. The van der Waals surface area contributed by atoms with Crippen LogP contribution in [0.3, 0.4) is 0 Å². The van der Waals surface area contributed by atoms with Crippen LogP contribution in [-0.2, 0) is 0 Å². The third-order valence-electron chi connectivity index (χ3n) is 5.76. The van der Waals surface area contributed by atoms with Crippen molar-refractivity contribution in [3.8, 4) is 17.2 Å². The van der Waals surface area contributed by atoms with Crippen LogP contribution >= 0.6 is 0 Å². The fraction of sp³-hybridized carbons (Fsp3) is 0.333. The quantitative estimate of drug-likeness (QED) is 0.598. The van der Waals surface area contributed by atoms with E-state index in [1.807, 2.05) is 54.3 Å². The molecule has 0 bridgehead atoms. The van der Waals surface area contributed by atoms with Crippen molar-refractivity contribution in [3.63, 3.8) is 0 Å². The topological polar surface area (TPSA) is 86.0 Å². The van der Waals surface area contributed by atoms with Crippen LogP contribution in [0.1, 0.15) is 18.4 Å². The Bertz CT molecular complexity index is 1080. The SMILES string of the molecule is Cc1cnc(N)nc1N(c1ccc(OCCN2CCCC2)cc1)c1cccc2c1OCO2. The lowest BCUT2D eigenvalue weighted by Crippen LogP contribution is -2.25. The summed E-state index contributed by atoms with van der Waals surface area (Å²) in [5, 5.41) is 0. The molecule has 0 amide bonds. The van der Waals surface area contributed by atoms with Gasteiger partial charge in [-0.05, 0) is 69.3 Å². The van der Waals surface area contributed by atoms with Crippen LogP contribution in [0.25, 0.3) is 0 Å². The van der Waals surface area contributed by atoms with Crippen molar-refractivity contribution in [1.82, 2.24) is 14.9 Å². The van der Waals surface area contributed by atoms with E-state index < -0.39 is 0 Å². The Morgan fingerprint density at radius 3 is 2.72 bits per heavy atom. The molecular formula is C24H27N5O3. The number of rotatable bonds is 7. The number of ether oxygens (including phenoxy) is 3. The van der Waals surface area contributed by atoms with Crippen molar-refractivity contribution in [1.29, 1.82) is 0 Å². The Morgan fingerprint density at radius 1 is 1.09 bits per heavy atom. The molecule has 166 valence electrons. The van der Waals surface area contributed by atoms with Gasteiger partial charge in [-0.3, -0.25) is 9.80 Å². The number of nitrogens with two attached hydrogens (primary N) is 1. The number of nitrogen functional groups attached to an aromatic ring is 1. The van der Waals surface area contributed by atoms with E-state index in [4.69, 9.17) is 19.9 Å². The molecule has 3 heterocycles. The van der Waals surface area contributed by atoms with Gasteiger partial charge in [0.15, 0.2) is 11.5 Å². The minimum absolute atomic E-state index is 0.189. The van der Waals surface area contributed by atoms with E-state index in [2.05, 4.69) is 14.9 Å². The van der Waals surface area contributed by atoms with E-state index >= 15 is 0 Å². The zero-order chi connectivity index (χ0) is 21.9. The predicted octanol–water partition coefficient (Wildman–Crippen LogP) is 4.04. The average molecular weight is 434 g/mol. The number of aryl methyl sites for hydroxylation is 1. The molecule has 3 aromatic rings. The highest BCUT2D eigenvalue weighted by molar-refractivity contribution is 5.82. The van der Waals surface area contributed by atoms with Gasteiger partial charge in [0, 0.05) is 24.0 Å². The van der Waals surface area contributed by atoms with Crippen molar-refractivity contribution >= 4 is 23.1 Å². The predicted molar refractivity (Wildman–Crippen MR) is 123 cm³/mol. The zero-order valence-corrected chi connectivity index (χ0v) is 18.2. The maximum Gasteiger partial charge on any atom is 0.231 e. The molecule has 2 aliphatic heterocycles. The van der Waals surface area contributed by atoms with Crippen molar-refractivity contribution in [2.75, 3.05) is 43.7 Å². The summed E-state index contributed by atoms with van der Waals surface area (Å²) >= 11 is 0. The smallest absolute Gasteiger partial charge is 0.231 e. The molecule has 2 aliphatic rings. The lowest BCUT2D eigenvalue weighted by Gasteiger charge is -2.26. The summed E-state index contributed by atoms with van der Waals surface area (Å²) in [6, 6.07) is 13.8. The molecule has 1 fully saturated rings. The van der Waals surface area contributed by atoms with Crippen LogP contribution in [0, 0.1) is 6.92 Å². The summed E-state index contributed by atoms with van der Waals surface area (Å²) < 4.78 is 17.4. The van der Waals surface area contributed by atoms with Gasteiger partial charge >= 0.3 is 0 Å². The van der Waals surface area contributed by atoms with Gasteiger partial charge in [-0.25, -0.2) is 4.98 Å². The normalized spacial score (nSPS) is 15.2. The van der Waals surface area contributed by atoms with E-state index in [1.54, 1.807) is 6.20 Å². The van der Waals surface area contributed by atoms with Gasteiger partial charge in [0.05, 0.1) is 5.69 Å². The minimum atomic E-state index is 0.189. The number of benzene rings is 2. The zero-order valence-electron chi connectivity index (χ0n) is 18.2. The van der Waals surface area contributed by atoms with E-state index in [0.29, 0.717) is 23.9 Å². The molecule has 1 saturated heterocycles. The highest BCUT2D eigenvalue weighted by Crippen LogP contribution is 2.46. The van der Waals surface area contributed by atoms with Crippen molar-refractivity contribution < 1.29 is 14.2 Å². The molecule has 8 nitrogen and oxygen atoms in total. The molecule has 0 radical (unpaired) electrons. The Labute approximate surface area is 187 Å². The van der Waals surface area contributed by atoms with Crippen molar-refractivity contribution in [3.05, 3.63) is 54.2 Å². The van der Waals surface area contributed by atoms with E-state index in [-0.39, 0.29) is 12.7 Å². The summed E-state index contributed by atoms with van der Waals surface area (Å²) in [5.41, 5.74) is 8.55. The maximum atomic E-state index is 5.98. The molecule has 5 rings (SSSR count). The number of para-hydroxylation sites is 1. The largest absolute Gasteiger partial charge is 0.492 e. The first-order valence-corrected chi connectivity index (χ1v) is 10.9. The van der Waals surface area contributed by atoms with Crippen LogP contribution in [0.4, 0.5) is 23.1 Å². The van der Waals surface area contributed by atoms with Gasteiger partial charge in [0.1, 0.15) is 18.2 Å². The Balaban J connectivity index is 1.44. The second-order valence-electron chi connectivity index (χ2n) is 7.97. The molecule has 2 N–H and O–H groups in total. The van der Waals surface area contributed by atoms with Gasteiger partial charge in [-0.1, -0.05) is 6.07 Å². The summed E-state index contributed by atoms with van der Waals surface area (Å²) in [6.07, 6.45) is 4.30. The third-order valence-corrected chi connectivity index (χ3v) is 5.76. The fourth-order valence-corrected chi connectivity index (χ4v) is 4.13. The Hall–Kier alpha value is -3.52. The third kappa shape index (κ3) is 4.13. The number of hydrogen-bond acceptors (Lipinski definition) is 8. The molecule has 0 aliphatic carbocycles. The first-order valence-electron chi connectivity index (χ1n) is 10.9. The summed E-state index contributed by atoms with van der Waals surface area (Å²) in [7, 11) is 0. The highest BCUT2D eigenvalue weighted by Gasteiger charge is 2.25. The van der Waals surface area contributed by atoms with Crippen molar-refractivity contribution in [2.24, 2.45) is 0 Å². The molecular weight excluding hydrogens is 406 g/mol. The Morgan fingerprint density at radius 2 is 1.91 bits per heavy atom. The number of hydrogen-bond donors (Lipinski definition) is 1. The van der Waals surface area contributed by atoms with E-state index in [9.17, 15) is 0 Å². The standard InChI is InChI=1S/C24H27N5O3/c1-17-15-26-24(25)27-23(17)29(20-5-4-6-21-22(20)32-16-31-21)18-7-9-19(10-8-18)30-14-13-28-11-2-3-12-28/h4-10,15H,2-3,11-14,16H2,1H3,(H2,25,26,27). The first-order chi connectivity index (χ1) is 15.7. The molecule has 32 heavy (non-hydrogen) atoms. The van der Waals surface area contributed by atoms with E-state index in [1.165, 1.54) is 25.9 Å². The lowest BCUT2D eigenvalue weighted by atomic mass is 10.2. The minimum Gasteiger partial charge on any atom is -0.492 e. The number of likely N-dealkylation sites (tertiary alicyclic amines) is 1. The van der Waals surface area contributed by atoms with Gasteiger partial charge in [0.2, 0.25) is 12.7 Å². The lowest BCUT2D eigenvalue weighted by molar-refractivity contribution is 0.174. The molecule has 0 spiro atoms. The Kier molecular flexibility index (Phi) is 5.68. The van der Waals surface area contributed by atoms with Crippen LogP contribution in [0.5, 0.6) is 17.2 Å². The highest BCUT2D eigenvalue weighted by atomic mass is 16.7. The summed E-state index contributed by atoms with van der Waals surface area (Å²) in [5.74, 6) is 3.11.